The summed E-state index contributed by atoms with van der Waals surface area (Å²) in [7, 11) is 0. The van der Waals surface area contributed by atoms with Crippen molar-refractivity contribution in [3.8, 4) is 11.5 Å². The first-order valence-electron chi connectivity index (χ1n) is 10.1. The smallest absolute Gasteiger partial charge is 0.226 e. The lowest BCUT2D eigenvalue weighted by atomic mass is 9.92. The minimum Gasteiger partial charge on any atom is -0.504 e. The van der Waals surface area contributed by atoms with E-state index in [-0.39, 0.29) is 11.7 Å². The lowest BCUT2D eigenvalue weighted by Crippen LogP contribution is -3.11. The first kappa shape index (κ1) is 19.0. The van der Waals surface area contributed by atoms with Gasteiger partial charge in [-0.25, -0.2) is 0 Å². The van der Waals surface area contributed by atoms with E-state index in [0.717, 1.165) is 52.0 Å². The summed E-state index contributed by atoms with van der Waals surface area (Å²) in [6, 6.07) is 5.63. The highest BCUT2D eigenvalue weighted by atomic mass is 16.5. The maximum atomic E-state index is 12.8. The molecule has 1 aromatic carbocycles. The van der Waals surface area contributed by atoms with Crippen molar-refractivity contribution in [3.05, 3.63) is 23.8 Å². The summed E-state index contributed by atoms with van der Waals surface area (Å²) in [6.45, 7) is 9.59. The van der Waals surface area contributed by atoms with E-state index < -0.39 is 0 Å². The van der Waals surface area contributed by atoms with Crippen LogP contribution in [0.5, 0.6) is 11.5 Å². The van der Waals surface area contributed by atoms with Gasteiger partial charge in [0.1, 0.15) is 6.54 Å². The van der Waals surface area contributed by atoms with Crippen LogP contribution >= 0.6 is 0 Å². The molecule has 3 rings (SSSR count). The topological polar surface area (TPSA) is 54.2 Å². The number of phenols is 1. The zero-order chi connectivity index (χ0) is 18.5. The van der Waals surface area contributed by atoms with Gasteiger partial charge in [-0.3, -0.25) is 4.79 Å². The summed E-state index contributed by atoms with van der Waals surface area (Å²) in [5, 5.41) is 9.84. The first-order chi connectivity index (χ1) is 12.6. The van der Waals surface area contributed by atoms with Gasteiger partial charge in [-0.05, 0) is 43.9 Å². The van der Waals surface area contributed by atoms with Crippen LogP contribution < -0.4 is 9.64 Å². The Hall–Kier alpha value is -1.75. The average molecular weight is 362 g/mol. The number of carbonyl (C=O) groups excluding carboxylic acids is 1. The number of likely N-dealkylation sites (tertiary alicyclic amines) is 2. The quantitative estimate of drug-likeness (QED) is 0.842. The molecule has 0 radical (unpaired) electrons. The molecule has 2 fully saturated rings. The average Bonchev–Trinajstić information content (AvgIpc) is 2.65. The summed E-state index contributed by atoms with van der Waals surface area (Å²) >= 11 is 0. The van der Waals surface area contributed by atoms with Crippen molar-refractivity contribution < 1.29 is 19.5 Å². The summed E-state index contributed by atoms with van der Waals surface area (Å²) in [4.78, 5) is 16.4. The third-order valence-corrected chi connectivity index (χ3v) is 5.79. The van der Waals surface area contributed by atoms with E-state index in [0.29, 0.717) is 24.2 Å². The largest absolute Gasteiger partial charge is 0.504 e. The van der Waals surface area contributed by atoms with Crippen LogP contribution in [-0.2, 0) is 11.3 Å². The Bertz CT molecular complexity index is 611. The number of nitrogens with zero attached hydrogens (tertiary/aromatic N) is 1. The van der Waals surface area contributed by atoms with Crippen LogP contribution in [0, 0.1) is 11.8 Å². The van der Waals surface area contributed by atoms with E-state index >= 15 is 0 Å². The number of rotatable bonds is 5. The number of amides is 1. The molecule has 0 spiro atoms. The number of nitrogens with one attached hydrogen (secondary N) is 1. The van der Waals surface area contributed by atoms with Gasteiger partial charge in [0.25, 0.3) is 0 Å². The second-order valence-electron chi connectivity index (χ2n) is 7.97. The van der Waals surface area contributed by atoms with Crippen molar-refractivity contribution in [2.45, 2.75) is 46.1 Å². The zero-order valence-electron chi connectivity index (χ0n) is 16.2. The third-order valence-electron chi connectivity index (χ3n) is 5.79. The van der Waals surface area contributed by atoms with Gasteiger partial charge in [0.15, 0.2) is 11.5 Å². The Morgan fingerprint density at radius 2 is 2.08 bits per heavy atom. The predicted molar refractivity (Wildman–Crippen MR) is 101 cm³/mol. The van der Waals surface area contributed by atoms with Gasteiger partial charge in [0.2, 0.25) is 5.91 Å². The Morgan fingerprint density at radius 1 is 1.31 bits per heavy atom. The summed E-state index contributed by atoms with van der Waals surface area (Å²) in [6.07, 6.45) is 4.37. The maximum Gasteiger partial charge on any atom is 0.226 e. The molecule has 2 saturated heterocycles. The van der Waals surface area contributed by atoms with Crippen molar-refractivity contribution >= 4 is 5.91 Å². The number of carbonyl (C=O) groups is 1. The van der Waals surface area contributed by atoms with Gasteiger partial charge < -0.3 is 19.6 Å². The van der Waals surface area contributed by atoms with Crippen molar-refractivity contribution in [1.29, 1.82) is 0 Å². The van der Waals surface area contributed by atoms with Crippen molar-refractivity contribution in [3.63, 3.8) is 0 Å². The SMILES string of the molecule is CCOc1cc(C[NH+]2CCC(C(=O)N3CCC[C@H](C)C3)CC2)ccc1O. The molecule has 144 valence electrons. The second kappa shape index (κ2) is 8.76. The van der Waals surface area contributed by atoms with E-state index in [4.69, 9.17) is 4.74 Å². The maximum absolute atomic E-state index is 12.8. The minimum absolute atomic E-state index is 0.200. The summed E-state index contributed by atoms with van der Waals surface area (Å²) < 4.78 is 5.48. The minimum atomic E-state index is 0.200. The van der Waals surface area contributed by atoms with Crippen LogP contribution in [0.3, 0.4) is 0 Å². The molecule has 1 aromatic rings. The highest BCUT2D eigenvalue weighted by molar-refractivity contribution is 5.79. The molecule has 1 atom stereocenters. The van der Waals surface area contributed by atoms with Gasteiger partial charge in [-0.1, -0.05) is 6.92 Å². The number of piperidine rings is 2. The lowest BCUT2D eigenvalue weighted by molar-refractivity contribution is -0.919. The molecule has 2 heterocycles. The molecule has 2 aliphatic heterocycles. The molecule has 1 amide bonds. The number of ether oxygens (including phenoxy) is 1. The molecule has 0 unspecified atom stereocenters. The van der Waals surface area contributed by atoms with Crippen molar-refractivity contribution in [2.75, 3.05) is 32.8 Å². The molecule has 0 saturated carbocycles. The summed E-state index contributed by atoms with van der Waals surface area (Å²) in [5.41, 5.74) is 1.18. The fourth-order valence-corrected chi connectivity index (χ4v) is 4.33. The van der Waals surface area contributed by atoms with Crippen LogP contribution in [0.15, 0.2) is 18.2 Å². The number of quaternary nitrogens is 1. The van der Waals surface area contributed by atoms with Crippen LogP contribution in [0.25, 0.3) is 0 Å². The van der Waals surface area contributed by atoms with Gasteiger partial charge in [0.05, 0.1) is 19.7 Å². The monoisotopic (exact) mass is 361 g/mol. The number of aromatic hydroxyl groups is 1. The molecule has 5 heteroatoms. The van der Waals surface area contributed by atoms with Crippen LogP contribution in [0.2, 0.25) is 0 Å². The molecule has 0 aliphatic carbocycles. The predicted octanol–water partition coefficient (Wildman–Crippen LogP) is 1.84. The normalized spacial score (nSPS) is 26.5. The fourth-order valence-electron chi connectivity index (χ4n) is 4.33. The van der Waals surface area contributed by atoms with Crippen LogP contribution in [0.1, 0.15) is 45.1 Å². The van der Waals surface area contributed by atoms with E-state index in [2.05, 4.69) is 11.8 Å². The van der Waals surface area contributed by atoms with E-state index in [1.165, 1.54) is 16.9 Å². The zero-order valence-corrected chi connectivity index (χ0v) is 16.2. The Kier molecular flexibility index (Phi) is 6.41. The number of hydrogen-bond donors (Lipinski definition) is 2. The van der Waals surface area contributed by atoms with Gasteiger partial charge >= 0.3 is 0 Å². The van der Waals surface area contributed by atoms with Crippen LogP contribution in [-0.4, -0.2) is 48.7 Å². The molecular formula is C21H33N2O3+. The Labute approximate surface area is 156 Å². The first-order valence-corrected chi connectivity index (χ1v) is 10.1. The molecular weight excluding hydrogens is 328 g/mol. The lowest BCUT2D eigenvalue weighted by Gasteiger charge is -2.36. The van der Waals surface area contributed by atoms with E-state index in [9.17, 15) is 9.90 Å². The molecule has 0 bridgehead atoms. The highest BCUT2D eigenvalue weighted by Gasteiger charge is 2.32. The summed E-state index contributed by atoms with van der Waals surface area (Å²) in [5.74, 6) is 2.01. The molecule has 5 nitrogen and oxygen atoms in total. The molecule has 2 aliphatic rings. The van der Waals surface area contributed by atoms with Gasteiger partial charge in [-0.15, -0.1) is 0 Å². The fraction of sp³-hybridized carbons (Fsp3) is 0.667. The third kappa shape index (κ3) is 4.70. The van der Waals surface area contributed by atoms with Gasteiger partial charge in [0, 0.05) is 37.4 Å². The standard InChI is InChI=1S/C21H32N2O3/c1-3-26-20-13-17(6-7-19(20)24)15-22-11-8-18(9-12-22)21(25)23-10-4-5-16(2)14-23/h6-7,13,16,18,24H,3-5,8-12,14-15H2,1-2H3/p+1/t16-/m0/s1. The van der Waals surface area contributed by atoms with Gasteiger partial charge in [-0.2, -0.15) is 0 Å². The number of hydrogen-bond acceptors (Lipinski definition) is 3. The van der Waals surface area contributed by atoms with E-state index in [1.807, 2.05) is 19.1 Å². The molecule has 2 N–H and O–H groups in total. The Morgan fingerprint density at radius 3 is 2.77 bits per heavy atom. The highest BCUT2D eigenvalue weighted by Crippen LogP contribution is 2.26. The number of phenolic OH excluding ortho intramolecular Hbond substituents is 1. The number of benzene rings is 1. The Balaban J connectivity index is 1.51. The van der Waals surface area contributed by atoms with Crippen LogP contribution in [0.4, 0.5) is 0 Å². The molecule has 0 aromatic heterocycles. The molecule has 26 heavy (non-hydrogen) atoms. The van der Waals surface area contributed by atoms with Crippen molar-refractivity contribution in [2.24, 2.45) is 11.8 Å². The van der Waals surface area contributed by atoms with E-state index in [1.54, 1.807) is 6.07 Å². The second-order valence-corrected chi connectivity index (χ2v) is 7.97. The van der Waals surface area contributed by atoms with Crippen molar-refractivity contribution in [1.82, 2.24) is 4.90 Å².